The van der Waals surface area contributed by atoms with E-state index in [9.17, 15) is 4.79 Å². The topological polar surface area (TPSA) is 47.8 Å². The lowest BCUT2D eigenvalue weighted by atomic mass is 10.2. The summed E-state index contributed by atoms with van der Waals surface area (Å²) in [6, 6.07) is 5.45. The molecule has 0 aliphatic rings. The molecule has 0 fully saturated rings. The van der Waals surface area contributed by atoms with Crippen LogP contribution in [0.3, 0.4) is 0 Å². The van der Waals surface area contributed by atoms with Gasteiger partial charge in [0.25, 0.3) is 0 Å². The molecule has 0 saturated heterocycles. The summed E-state index contributed by atoms with van der Waals surface area (Å²) in [6.45, 7) is 3.74. The molecule has 0 spiro atoms. The van der Waals surface area contributed by atoms with Crippen LogP contribution in [0.5, 0.6) is 0 Å². The standard InChI is InChI=1S/C11H10BrN3O/c1-7-13-8(2)15(14-7)10-4-3-9(6-16)11(12)5-10/h3-6H,1-2H3. The summed E-state index contributed by atoms with van der Waals surface area (Å²) in [4.78, 5) is 14.9. The highest BCUT2D eigenvalue weighted by molar-refractivity contribution is 9.10. The molecule has 0 unspecified atom stereocenters. The van der Waals surface area contributed by atoms with Gasteiger partial charge in [-0.2, -0.15) is 5.10 Å². The summed E-state index contributed by atoms with van der Waals surface area (Å²) >= 11 is 3.34. The zero-order valence-corrected chi connectivity index (χ0v) is 10.5. The van der Waals surface area contributed by atoms with Gasteiger partial charge in [0.1, 0.15) is 11.6 Å². The van der Waals surface area contributed by atoms with Gasteiger partial charge in [-0.05, 0) is 48.0 Å². The SMILES string of the molecule is Cc1nc(C)n(-c2ccc(C=O)c(Br)c2)n1. The summed E-state index contributed by atoms with van der Waals surface area (Å²) < 4.78 is 2.50. The van der Waals surface area contributed by atoms with Crippen LogP contribution >= 0.6 is 15.9 Å². The van der Waals surface area contributed by atoms with Crippen LogP contribution in [0.25, 0.3) is 5.69 Å². The maximum atomic E-state index is 10.7. The number of carbonyl (C=O) groups excluding carboxylic acids is 1. The monoisotopic (exact) mass is 279 g/mol. The number of halogens is 1. The first kappa shape index (κ1) is 11.0. The van der Waals surface area contributed by atoms with Crippen molar-refractivity contribution in [1.29, 1.82) is 0 Å². The number of hydrogen-bond acceptors (Lipinski definition) is 3. The molecule has 2 rings (SSSR count). The summed E-state index contributed by atoms with van der Waals surface area (Å²) in [7, 11) is 0. The van der Waals surface area contributed by atoms with Crippen LogP contribution in [-0.4, -0.2) is 21.1 Å². The third-order valence-electron chi connectivity index (χ3n) is 2.23. The molecular weight excluding hydrogens is 270 g/mol. The lowest BCUT2D eigenvalue weighted by Crippen LogP contribution is -2.00. The molecule has 82 valence electrons. The average Bonchev–Trinajstić information content (AvgIpc) is 2.58. The van der Waals surface area contributed by atoms with Gasteiger partial charge in [-0.3, -0.25) is 4.79 Å². The van der Waals surface area contributed by atoms with E-state index in [1.54, 1.807) is 10.7 Å². The van der Waals surface area contributed by atoms with Crippen LogP contribution in [0.2, 0.25) is 0 Å². The van der Waals surface area contributed by atoms with Gasteiger partial charge in [0.05, 0.1) is 5.69 Å². The van der Waals surface area contributed by atoms with Crippen molar-refractivity contribution in [3.63, 3.8) is 0 Å². The second-order valence-corrected chi connectivity index (χ2v) is 4.30. The number of aldehydes is 1. The lowest BCUT2D eigenvalue weighted by molar-refractivity contribution is 0.112. The maximum Gasteiger partial charge on any atom is 0.151 e. The second kappa shape index (κ2) is 4.17. The van der Waals surface area contributed by atoms with E-state index in [2.05, 4.69) is 26.0 Å². The van der Waals surface area contributed by atoms with Crippen molar-refractivity contribution in [1.82, 2.24) is 14.8 Å². The third kappa shape index (κ3) is 1.90. The number of aromatic nitrogens is 3. The Balaban J connectivity index is 2.53. The van der Waals surface area contributed by atoms with Crippen LogP contribution in [0.15, 0.2) is 22.7 Å². The van der Waals surface area contributed by atoms with Gasteiger partial charge in [0.15, 0.2) is 6.29 Å². The zero-order valence-electron chi connectivity index (χ0n) is 8.94. The highest BCUT2D eigenvalue weighted by atomic mass is 79.9. The number of nitrogens with zero attached hydrogens (tertiary/aromatic N) is 3. The van der Waals surface area contributed by atoms with Gasteiger partial charge in [-0.15, -0.1) is 0 Å². The fourth-order valence-electron chi connectivity index (χ4n) is 1.51. The van der Waals surface area contributed by atoms with E-state index in [1.165, 1.54) is 0 Å². The van der Waals surface area contributed by atoms with Crippen LogP contribution in [0.1, 0.15) is 22.0 Å². The molecule has 1 heterocycles. The Morgan fingerprint density at radius 1 is 1.38 bits per heavy atom. The molecule has 2 aromatic rings. The first-order chi connectivity index (χ1) is 7.61. The highest BCUT2D eigenvalue weighted by Gasteiger charge is 2.07. The Morgan fingerprint density at radius 3 is 2.62 bits per heavy atom. The smallest absolute Gasteiger partial charge is 0.151 e. The molecule has 0 saturated carbocycles. The Hall–Kier alpha value is -1.49. The molecule has 0 amide bonds. The summed E-state index contributed by atoms with van der Waals surface area (Å²) in [6.07, 6.45) is 0.813. The second-order valence-electron chi connectivity index (χ2n) is 3.44. The molecule has 5 heteroatoms. The number of aryl methyl sites for hydroxylation is 2. The van der Waals surface area contributed by atoms with Crippen LogP contribution in [0.4, 0.5) is 0 Å². The fraction of sp³-hybridized carbons (Fsp3) is 0.182. The zero-order chi connectivity index (χ0) is 11.7. The molecule has 16 heavy (non-hydrogen) atoms. The Kier molecular flexibility index (Phi) is 2.87. The van der Waals surface area contributed by atoms with E-state index in [-0.39, 0.29) is 0 Å². The third-order valence-corrected chi connectivity index (χ3v) is 2.92. The predicted octanol–water partition coefficient (Wildman–Crippen LogP) is 2.46. The molecule has 0 aliphatic carbocycles. The molecule has 0 atom stereocenters. The minimum atomic E-state index is 0.623. The van der Waals surface area contributed by atoms with Crippen molar-refractivity contribution in [3.05, 3.63) is 39.9 Å². The van der Waals surface area contributed by atoms with E-state index in [0.29, 0.717) is 5.56 Å². The normalized spacial score (nSPS) is 10.4. The quantitative estimate of drug-likeness (QED) is 0.794. The predicted molar refractivity (Wildman–Crippen MR) is 63.9 cm³/mol. The first-order valence-corrected chi connectivity index (χ1v) is 5.56. The van der Waals surface area contributed by atoms with Crippen LogP contribution in [0, 0.1) is 13.8 Å². The van der Waals surface area contributed by atoms with Gasteiger partial charge in [0.2, 0.25) is 0 Å². The highest BCUT2D eigenvalue weighted by Crippen LogP contribution is 2.19. The van der Waals surface area contributed by atoms with Gasteiger partial charge in [-0.1, -0.05) is 0 Å². The van der Waals surface area contributed by atoms with E-state index < -0.39 is 0 Å². The first-order valence-electron chi connectivity index (χ1n) is 4.77. The van der Waals surface area contributed by atoms with Crippen LogP contribution < -0.4 is 0 Å². The molecule has 1 aromatic carbocycles. The summed E-state index contributed by atoms with van der Waals surface area (Å²) in [5, 5.41) is 4.27. The summed E-state index contributed by atoms with van der Waals surface area (Å²) in [5.74, 6) is 1.55. The number of benzene rings is 1. The van der Waals surface area contributed by atoms with Crippen LogP contribution in [-0.2, 0) is 0 Å². The molecule has 0 N–H and O–H groups in total. The minimum absolute atomic E-state index is 0.623. The lowest BCUT2D eigenvalue weighted by Gasteiger charge is -2.04. The maximum absolute atomic E-state index is 10.7. The Bertz CT molecular complexity index is 548. The van der Waals surface area contributed by atoms with E-state index in [0.717, 1.165) is 28.1 Å². The Morgan fingerprint density at radius 2 is 2.12 bits per heavy atom. The average molecular weight is 280 g/mol. The Labute approximate surface area is 101 Å². The number of hydrogen-bond donors (Lipinski definition) is 0. The molecule has 4 nitrogen and oxygen atoms in total. The fourth-order valence-corrected chi connectivity index (χ4v) is 1.97. The van der Waals surface area contributed by atoms with Gasteiger partial charge in [-0.25, -0.2) is 9.67 Å². The van der Waals surface area contributed by atoms with Gasteiger partial charge < -0.3 is 0 Å². The minimum Gasteiger partial charge on any atom is -0.298 e. The van der Waals surface area contributed by atoms with E-state index in [4.69, 9.17) is 0 Å². The van der Waals surface area contributed by atoms with Crippen molar-refractivity contribution in [2.45, 2.75) is 13.8 Å². The van der Waals surface area contributed by atoms with Crippen molar-refractivity contribution in [2.75, 3.05) is 0 Å². The number of carbonyl (C=O) groups is 1. The van der Waals surface area contributed by atoms with Crippen molar-refractivity contribution < 1.29 is 4.79 Å². The van der Waals surface area contributed by atoms with E-state index >= 15 is 0 Å². The van der Waals surface area contributed by atoms with Gasteiger partial charge in [0, 0.05) is 10.0 Å². The molecule has 0 radical (unpaired) electrons. The molecule has 1 aromatic heterocycles. The number of rotatable bonds is 2. The van der Waals surface area contributed by atoms with Crippen molar-refractivity contribution in [3.8, 4) is 5.69 Å². The van der Waals surface area contributed by atoms with Crippen molar-refractivity contribution >= 4 is 22.2 Å². The molecular formula is C11H10BrN3O. The van der Waals surface area contributed by atoms with E-state index in [1.807, 2.05) is 26.0 Å². The van der Waals surface area contributed by atoms with Gasteiger partial charge >= 0.3 is 0 Å². The summed E-state index contributed by atoms with van der Waals surface area (Å²) in [5.41, 5.74) is 1.51. The molecule has 0 bridgehead atoms. The molecule has 0 aliphatic heterocycles. The largest absolute Gasteiger partial charge is 0.298 e. The van der Waals surface area contributed by atoms with Crippen molar-refractivity contribution in [2.24, 2.45) is 0 Å².